The average molecular weight is 366 g/mol. The van der Waals surface area contributed by atoms with Gasteiger partial charge in [0.05, 0.1) is 15.8 Å². The van der Waals surface area contributed by atoms with Gasteiger partial charge >= 0.3 is 0 Å². The minimum Gasteiger partial charge on any atom is -0.385 e. The molecule has 1 aromatic carbocycles. The maximum atomic E-state index is 11.6. The first-order valence-electron chi connectivity index (χ1n) is 9.40. The van der Waals surface area contributed by atoms with E-state index in [1.165, 1.54) is 6.42 Å². The van der Waals surface area contributed by atoms with E-state index in [1.807, 2.05) is 25.1 Å². The van der Waals surface area contributed by atoms with Gasteiger partial charge in [-0.3, -0.25) is 0 Å². The van der Waals surface area contributed by atoms with Crippen LogP contribution in [0.5, 0.6) is 0 Å². The molecule has 0 bridgehead atoms. The van der Waals surface area contributed by atoms with Crippen molar-refractivity contribution < 1.29 is 5.11 Å². The van der Waals surface area contributed by atoms with E-state index in [2.05, 4.69) is 33.5 Å². The van der Waals surface area contributed by atoms with Gasteiger partial charge in [0.2, 0.25) is 0 Å². The zero-order valence-corrected chi connectivity index (χ0v) is 15.7. The largest absolute Gasteiger partial charge is 0.385 e. The third-order valence-electron chi connectivity index (χ3n) is 6.16. The number of aliphatic hydroxyl groups is 1. The highest BCUT2D eigenvalue weighted by Gasteiger charge is 2.50. The van der Waals surface area contributed by atoms with Crippen LogP contribution in [0.2, 0.25) is 0 Å². The Morgan fingerprint density at radius 3 is 2.85 bits per heavy atom. The van der Waals surface area contributed by atoms with Crippen molar-refractivity contribution in [2.45, 2.75) is 31.8 Å². The third kappa shape index (κ3) is 2.45. The molecule has 3 aromatic rings. The molecular formula is C21H23N3OS. The molecule has 5 heteroatoms. The Bertz CT molecular complexity index is 941. The molecule has 2 aliphatic rings. The molecule has 2 fully saturated rings. The predicted molar refractivity (Wildman–Crippen MR) is 106 cm³/mol. The van der Waals surface area contributed by atoms with E-state index < -0.39 is 5.60 Å². The summed E-state index contributed by atoms with van der Waals surface area (Å²) >= 11 is 1.71. The first-order chi connectivity index (χ1) is 12.6. The van der Waals surface area contributed by atoms with Gasteiger partial charge in [-0.25, -0.2) is 9.97 Å². The minimum absolute atomic E-state index is 0.254. The van der Waals surface area contributed by atoms with Crippen LogP contribution in [0.15, 0.2) is 41.8 Å². The number of nitrogens with zero attached hydrogens (tertiary/aromatic N) is 3. The van der Waals surface area contributed by atoms with Gasteiger partial charge in [0, 0.05) is 19.0 Å². The number of fused-ring (bicyclic) bond motifs is 2. The fraction of sp³-hybridized carbons (Fsp3) is 0.429. The van der Waals surface area contributed by atoms with E-state index in [0.29, 0.717) is 5.92 Å². The smallest absolute Gasteiger partial charge is 0.150 e. The molecule has 0 spiro atoms. The molecule has 0 amide bonds. The summed E-state index contributed by atoms with van der Waals surface area (Å²) in [6, 6.07) is 12.3. The summed E-state index contributed by atoms with van der Waals surface area (Å²) in [6.07, 6.45) is 3.12. The summed E-state index contributed by atoms with van der Waals surface area (Å²) in [4.78, 5) is 11.7. The number of hydrogen-bond donors (Lipinski definition) is 1. The summed E-state index contributed by atoms with van der Waals surface area (Å²) < 4.78 is 1.16. The van der Waals surface area contributed by atoms with Crippen molar-refractivity contribution in [2.24, 2.45) is 11.8 Å². The van der Waals surface area contributed by atoms with Crippen LogP contribution in [0, 0.1) is 18.8 Å². The number of anilines is 1. The second kappa shape index (κ2) is 6.03. The van der Waals surface area contributed by atoms with Crippen molar-refractivity contribution in [1.82, 2.24) is 9.97 Å². The highest BCUT2D eigenvalue weighted by molar-refractivity contribution is 7.17. The van der Waals surface area contributed by atoms with Crippen LogP contribution in [-0.4, -0.2) is 28.2 Å². The van der Waals surface area contributed by atoms with E-state index in [9.17, 15) is 5.11 Å². The Hall–Kier alpha value is -1.98. The molecule has 0 unspecified atom stereocenters. The molecule has 4 nitrogen and oxygen atoms in total. The van der Waals surface area contributed by atoms with Crippen LogP contribution < -0.4 is 4.90 Å². The minimum atomic E-state index is -0.727. The average Bonchev–Trinajstić information content (AvgIpc) is 3.29. The van der Waals surface area contributed by atoms with Gasteiger partial charge in [0.25, 0.3) is 0 Å². The molecule has 26 heavy (non-hydrogen) atoms. The standard InChI is InChI=1S/C21H23N3OS/c1-14-22-18-9-11-26-19(18)20(23-14)24-12-15-6-5-10-21(25,17(15)13-24)16-7-3-2-4-8-16/h2-4,7-9,11,15,17,25H,5-6,10,12-13H2,1H3/t15-,17+,21+/m1/s1. The second-order valence-electron chi connectivity index (χ2n) is 7.68. The van der Waals surface area contributed by atoms with Crippen LogP contribution in [-0.2, 0) is 5.60 Å². The van der Waals surface area contributed by atoms with Crippen LogP contribution in [0.3, 0.4) is 0 Å². The normalized spacial score (nSPS) is 28.5. The van der Waals surface area contributed by atoms with E-state index in [0.717, 1.165) is 53.4 Å². The molecule has 5 rings (SSSR count). The fourth-order valence-electron chi connectivity index (χ4n) is 4.96. The SMILES string of the molecule is Cc1nc(N2C[C@H]3CCC[C@](O)(c4ccccc4)[C@H]3C2)c2sccc2n1. The Morgan fingerprint density at radius 2 is 2.00 bits per heavy atom. The van der Waals surface area contributed by atoms with Crippen molar-refractivity contribution in [3.8, 4) is 0 Å². The first kappa shape index (κ1) is 16.2. The lowest BCUT2D eigenvalue weighted by Crippen LogP contribution is -2.42. The summed E-state index contributed by atoms with van der Waals surface area (Å²) in [7, 11) is 0. The molecule has 1 saturated heterocycles. The number of aryl methyl sites for hydroxylation is 1. The van der Waals surface area contributed by atoms with Crippen LogP contribution in [0.1, 0.15) is 30.7 Å². The maximum Gasteiger partial charge on any atom is 0.150 e. The molecule has 1 aliphatic carbocycles. The van der Waals surface area contributed by atoms with Gasteiger partial charge in [0.15, 0.2) is 0 Å². The van der Waals surface area contributed by atoms with Gasteiger partial charge in [-0.2, -0.15) is 0 Å². The van der Waals surface area contributed by atoms with E-state index in [-0.39, 0.29) is 5.92 Å². The predicted octanol–water partition coefficient (Wildman–Crippen LogP) is 4.12. The van der Waals surface area contributed by atoms with Crippen LogP contribution >= 0.6 is 11.3 Å². The second-order valence-corrected chi connectivity index (χ2v) is 8.60. The molecule has 1 aliphatic heterocycles. The Kier molecular flexibility index (Phi) is 3.76. The third-order valence-corrected chi connectivity index (χ3v) is 7.06. The highest BCUT2D eigenvalue weighted by Crippen LogP contribution is 2.49. The van der Waals surface area contributed by atoms with Crippen molar-refractivity contribution in [3.05, 3.63) is 53.2 Å². The zero-order chi connectivity index (χ0) is 17.7. The van der Waals surface area contributed by atoms with Gasteiger partial charge in [-0.05, 0) is 49.1 Å². The molecule has 0 radical (unpaired) electrons. The quantitative estimate of drug-likeness (QED) is 0.742. The van der Waals surface area contributed by atoms with Crippen LogP contribution in [0.25, 0.3) is 10.2 Å². The summed E-state index contributed by atoms with van der Waals surface area (Å²) in [5, 5.41) is 13.7. The van der Waals surface area contributed by atoms with Gasteiger partial charge in [0.1, 0.15) is 11.6 Å². The van der Waals surface area contributed by atoms with E-state index in [1.54, 1.807) is 11.3 Å². The first-order valence-corrected chi connectivity index (χ1v) is 10.3. The summed E-state index contributed by atoms with van der Waals surface area (Å²) in [5.41, 5.74) is 1.37. The summed E-state index contributed by atoms with van der Waals surface area (Å²) in [6.45, 7) is 3.80. The number of rotatable bonds is 2. The topological polar surface area (TPSA) is 49.2 Å². The number of aromatic nitrogens is 2. The zero-order valence-electron chi connectivity index (χ0n) is 14.9. The van der Waals surface area contributed by atoms with E-state index in [4.69, 9.17) is 4.98 Å². The monoisotopic (exact) mass is 365 g/mol. The molecule has 2 aromatic heterocycles. The fourth-order valence-corrected chi connectivity index (χ4v) is 5.81. The Balaban J connectivity index is 1.53. The molecule has 1 saturated carbocycles. The lowest BCUT2D eigenvalue weighted by molar-refractivity contribution is -0.0631. The number of hydrogen-bond acceptors (Lipinski definition) is 5. The van der Waals surface area contributed by atoms with Gasteiger partial charge < -0.3 is 10.0 Å². The highest BCUT2D eigenvalue weighted by atomic mass is 32.1. The molecule has 3 atom stereocenters. The molecule has 3 heterocycles. The van der Waals surface area contributed by atoms with Crippen molar-refractivity contribution in [1.29, 1.82) is 0 Å². The Morgan fingerprint density at radius 1 is 1.15 bits per heavy atom. The van der Waals surface area contributed by atoms with Gasteiger partial charge in [-0.1, -0.05) is 30.3 Å². The van der Waals surface area contributed by atoms with Gasteiger partial charge in [-0.15, -0.1) is 11.3 Å². The lowest BCUT2D eigenvalue weighted by Gasteiger charge is -2.41. The Labute approximate surface area is 157 Å². The van der Waals surface area contributed by atoms with Crippen molar-refractivity contribution in [2.75, 3.05) is 18.0 Å². The number of thiophene rings is 1. The maximum absolute atomic E-state index is 11.6. The van der Waals surface area contributed by atoms with Crippen molar-refractivity contribution >= 4 is 27.4 Å². The summed E-state index contributed by atoms with van der Waals surface area (Å²) in [5.74, 6) is 2.63. The molecule has 134 valence electrons. The number of benzene rings is 1. The molecule has 1 N–H and O–H groups in total. The molecular weight excluding hydrogens is 342 g/mol. The van der Waals surface area contributed by atoms with Crippen LogP contribution in [0.4, 0.5) is 5.82 Å². The van der Waals surface area contributed by atoms with E-state index >= 15 is 0 Å². The lowest BCUT2D eigenvalue weighted by atomic mass is 9.67. The van der Waals surface area contributed by atoms with Crippen molar-refractivity contribution in [3.63, 3.8) is 0 Å².